The van der Waals surface area contributed by atoms with Crippen LogP contribution < -0.4 is 5.32 Å². The molecule has 2 amide bonds. The molecule has 150 valence electrons. The van der Waals surface area contributed by atoms with Gasteiger partial charge in [-0.15, -0.1) is 0 Å². The maximum Gasteiger partial charge on any atom is 0.229 e. The second-order valence-electron chi connectivity index (χ2n) is 7.07. The van der Waals surface area contributed by atoms with Crippen molar-refractivity contribution in [3.63, 3.8) is 0 Å². The van der Waals surface area contributed by atoms with Crippen LogP contribution in [0, 0.1) is 28.9 Å². The van der Waals surface area contributed by atoms with Gasteiger partial charge in [0.2, 0.25) is 11.8 Å². The standard InChI is InChI=1S/C22H21F2N3O2/c23-17-10-9-15(20(24)12-17)5-4-8-21(28)27-14-16(11-19(27)13-25)22(29)26-18-6-2-1-3-7-18/h1-3,6-7,9-10,12,16,19H,4-5,8,11,14H2,(H,26,29). The van der Waals surface area contributed by atoms with E-state index in [-0.39, 0.29) is 31.2 Å². The summed E-state index contributed by atoms with van der Waals surface area (Å²) in [6, 6.07) is 13.8. The highest BCUT2D eigenvalue weighted by molar-refractivity contribution is 5.93. The molecule has 1 saturated heterocycles. The van der Waals surface area contributed by atoms with Gasteiger partial charge in [-0.2, -0.15) is 5.26 Å². The van der Waals surface area contributed by atoms with Crippen LogP contribution in [0.15, 0.2) is 48.5 Å². The van der Waals surface area contributed by atoms with Crippen LogP contribution in [0.4, 0.5) is 14.5 Å². The Morgan fingerprint density at radius 2 is 1.93 bits per heavy atom. The minimum atomic E-state index is -0.656. The predicted molar refractivity (Wildman–Crippen MR) is 104 cm³/mol. The molecule has 3 rings (SSSR count). The van der Waals surface area contributed by atoms with Crippen molar-refractivity contribution < 1.29 is 18.4 Å². The summed E-state index contributed by atoms with van der Waals surface area (Å²) < 4.78 is 26.6. The quantitative estimate of drug-likeness (QED) is 0.808. The molecule has 1 aliphatic rings. The van der Waals surface area contributed by atoms with E-state index in [0.717, 1.165) is 6.07 Å². The lowest BCUT2D eigenvalue weighted by Gasteiger charge is -2.19. The molecule has 7 heteroatoms. The number of likely N-dealkylation sites (tertiary alicyclic amines) is 1. The number of carbonyl (C=O) groups excluding carboxylic acids is 2. The van der Waals surface area contributed by atoms with Gasteiger partial charge in [0.05, 0.1) is 12.0 Å². The topological polar surface area (TPSA) is 73.2 Å². The highest BCUT2D eigenvalue weighted by Crippen LogP contribution is 2.25. The highest BCUT2D eigenvalue weighted by Gasteiger charge is 2.38. The van der Waals surface area contributed by atoms with Crippen LogP contribution in [0.25, 0.3) is 0 Å². The molecular formula is C22H21F2N3O2. The number of nitrogens with zero attached hydrogens (tertiary/aromatic N) is 2. The summed E-state index contributed by atoms with van der Waals surface area (Å²) in [7, 11) is 0. The van der Waals surface area contributed by atoms with E-state index in [1.54, 1.807) is 12.1 Å². The molecule has 1 heterocycles. The number of hydrogen-bond donors (Lipinski definition) is 1. The molecule has 29 heavy (non-hydrogen) atoms. The van der Waals surface area contributed by atoms with Crippen molar-refractivity contribution in [2.45, 2.75) is 31.7 Å². The minimum absolute atomic E-state index is 0.127. The summed E-state index contributed by atoms with van der Waals surface area (Å²) in [5, 5.41) is 12.2. The molecule has 1 aliphatic heterocycles. The van der Waals surface area contributed by atoms with Gasteiger partial charge >= 0.3 is 0 Å². The van der Waals surface area contributed by atoms with Crippen LogP contribution in [0.5, 0.6) is 0 Å². The van der Waals surface area contributed by atoms with E-state index in [0.29, 0.717) is 24.1 Å². The van der Waals surface area contributed by atoms with Gasteiger partial charge in [-0.25, -0.2) is 8.78 Å². The number of nitrogens with one attached hydrogen (secondary N) is 1. The van der Waals surface area contributed by atoms with E-state index in [2.05, 4.69) is 11.4 Å². The average molecular weight is 397 g/mol. The number of halogens is 2. The number of aryl methyl sites for hydroxylation is 1. The first kappa shape index (κ1) is 20.5. The van der Waals surface area contributed by atoms with Gasteiger partial charge in [0.25, 0.3) is 0 Å². The summed E-state index contributed by atoms with van der Waals surface area (Å²) in [5.41, 5.74) is 1.01. The molecule has 0 saturated carbocycles. The van der Waals surface area contributed by atoms with Gasteiger partial charge in [0, 0.05) is 24.7 Å². The lowest BCUT2D eigenvalue weighted by Crippen LogP contribution is -2.35. The summed E-state index contributed by atoms with van der Waals surface area (Å²) in [4.78, 5) is 26.5. The lowest BCUT2D eigenvalue weighted by molar-refractivity contribution is -0.131. The number of nitriles is 1. The maximum absolute atomic E-state index is 13.7. The van der Waals surface area contributed by atoms with Crippen LogP contribution in [-0.2, 0) is 16.0 Å². The van der Waals surface area contributed by atoms with E-state index < -0.39 is 23.6 Å². The first-order valence-corrected chi connectivity index (χ1v) is 9.47. The van der Waals surface area contributed by atoms with Crippen molar-refractivity contribution in [3.8, 4) is 6.07 Å². The van der Waals surface area contributed by atoms with Crippen molar-refractivity contribution in [3.05, 3.63) is 65.7 Å². The Morgan fingerprint density at radius 1 is 1.17 bits per heavy atom. The van der Waals surface area contributed by atoms with E-state index in [9.17, 15) is 23.6 Å². The molecule has 0 radical (unpaired) electrons. The van der Waals surface area contributed by atoms with Crippen molar-refractivity contribution >= 4 is 17.5 Å². The van der Waals surface area contributed by atoms with Crippen LogP contribution >= 0.6 is 0 Å². The number of benzene rings is 2. The zero-order chi connectivity index (χ0) is 20.8. The minimum Gasteiger partial charge on any atom is -0.326 e. The van der Waals surface area contributed by atoms with Crippen molar-refractivity contribution in [2.24, 2.45) is 5.92 Å². The third-order valence-electron chi connectivity index (χ3n) is 5.03. The van der Waals surface area contributed by atoms with Gasteiger partial charge in [0.15, 0.2) is 0 Å². The summed E-state index contributed by atoms with van der Waals surface area (Å²) in [5.74, 6) is -2.20. The SMILES string of the molecule is N#CC1CC(C(=O)Nc2ccccc2)CN1C(=O)CCCc1ccc(F)cc1F. The summed E-state index contributed by atoms with van der Waals surface area (Å²) in [6.45, 7) is 0.181. The third-order valence-corrected chi connectivity index (χ3v) is 5.03. The molecule has 0 aliphatic carbocycles. The van der Waals surface area contributed by atoms with Crippen LogP contribution in [0.1, 0.15) is 24.8 Å². The van der Waals surface area contributed by atoms with E-state index in [1.165, 1.54) is 17.0 Å². The maximum atomic E-state index is 13.7. The molecule has 5 nitrogen and oxygen atoms in total. The second-order valence-corrected chi connectivity index (χ2v) is 7.07. The number of rotatable bonds is 6. The Balaban J connectivity index is 1.54. The van der Waals surface area contributed by atoms with Gasteiger partial charge in [-0.1, -0.05) is 24.3 Å². The Morgan fingerprint density at radius 3 is 2.62 bits per heavy atom. The molecule has 2 unspecified atom stereocenters. The lowest BCUT2D eigenvalue weighted by atomic mass is 10.1. The number of para-hydroxylation sites is 1. The van der Waals surface area contributed by atoms with Gasteiger partial charge in [0.1, 0.15) is 17.7 Å². The smallest absolute Gasteiger partial charge is 0.229 e. The van der Waals surface area contributed by atoms with Gasteiger partial charge in [-0.05, 0) is 43.0 Å². The Bertz CT molecular complexity index is 927. The fourth-order valence-electron chi connectivity index (χ4n) is 3.49. The predicted octanol–water partition coefficient (Wildman–Crippen LogP) is 3.67. The second kappa shape index (κ2) is 9.28. The number of amides is 2. The normalized spacial score (nSPS) is 18.3. The molecule has 2 aromatic carbocycles. The monoisotopic (exact) mass is 397 g/mol. The molecule has 1 N–H and O–H groups in total. The summed E-state index contributed by atoms with van der Waals surface area (Å²) >= 11 is 0. The van der Waals surface area contributed by atoms with Crippen molar-refractivity contribution in [1.29, 1.82) is 5.26 Å². The molecule has 1 fully saturated rings. The van der Waals surface area contributed by atoms with Crippen LogP contribution in [0.3, 0.4) is 0 Å². The Kier molecular flexibility index (Phi) is 6.55. The Labute approximate surface area is 167 Å². The molecule has 2 atom stereocenters. The van der Waals surface area contributed by atoms with Gasteiger partial charge in [-0.3, -0.25) is 9.59 Å². The van der Waals surface area contributed by atoms with Crippen molar-refractivity contribution in [1.82, 2.24) is 4.90 Å². The first-order chi connectivity index (χ1) is 14.0. The molecule has 0 aromatic heterocycles. The highest BCUT2D eigenvalue weighted by atomic mass is 19.1. The fourth-order valence-corrected chi connectivity index (χ4v) is 3.49. The zero-order valence-electron chi connectivity index (χ0n) is 15.8. The van der Waals surface area contributed by atoms with E-state index in [1.807, 2.05) is 18.2 Å². The zero-order valence-corrected chi connectivity index (χ0v) is 15.8. The molecule has 0 spiro atoms. The number of hydrogen-bond acceptors (Lipinski definition) is 3. The largest absolute Gasteiger partial charge is 0.326 e. The Hall–Kier alpha value is -3.27. The van der Waals surface area contributed by atoms with Crippen LogP contribution in [0.2, 0.25) is 0 Å². The summed E-state index contributed by atoms with van der Waals surface area (Å²) in [6.07, 6.45) is 1.08. The van der Waals surface area contributed by atoms with Gasteiger partial charge < -0.3 is 10.2 Å². The molecular weight excluding hydrogens is 376 g/mol. The van der Waals surface area contributed by atoms with E-state index in [4.69, 9.17) is 0 Å². The molecule has 2 aromatic rings. The molecule has 0 bridgehead atoms. The van der Waals surface area contributed by atoms with Crippen molar-refractivity contribution in [2.75, 3.05) is 11.9 Å². The first-order valence-electron chi connectivity index (χ1n) is 9.47. The third kappa shape index (κ3) is 5.17. The van der Waals surface area contributed by atoms with E-state index >= 15 is 0 Å². The average Bonchev–Trinajstić information content (AvgIpc) is 3.15. The van der Waals surface area contributed by atoms with Crippen LogP contribution in [-0.4, -0.2) is 29.3 Å². The fraction of sp³-hybridized carbons (Fsp3) is 0.318. The number of anilines is 1. The number of carbonyl (C=O) groups is 2.